The number of halogens is 3. The van der Waals surface area contributed by atoms with Crippen LogP contribution in [0.15, 0.2) is 66.7 Å². The van der Waals surface area contributed by atoms with Gasteiger partial charge in [-0.25, -0.2) is 0 Å². The Labute approximate surface area is 203 Å². The summed E-state index contributed by atoms with van der Waals surface area (Å²) in [7, 11) is 0. The number of rotatable bonds is 3. The maximum absolute atomic E-state index is 13.6. The van der Waals surface area contributed by atoms with Crippen molar-refractivity contribution in [1.82, 2.24) is 4.90 Å². The highest BCUT2D eigenvalue weighted by molar-refractivity contribution is 6.42. The minimum atomic E-state index is 0.0377. The standard InChI is InChI=1S/C26H23Cl3N2O/c27-19-6-3-5-18(14-19)26(32)31-13-12-30(20-9-11-23(28)24(29)15-20)16-25(31)22-10-8-17-4-1-2-7-21(17)22/h1-7,9,11,14-15,22,25H,8,10,12-13,16H2/t22-,25-/m0/s1. The third-order valence-corrected chi connectivity index (χ3v) is 7.64. The van der Waals surface area contributed by atoms with Crippen LogP contribution in [0.3, 0.4) is 0 Å². The molecule has 1 fully saturated rings. The number of fused-ring (bicyclic) bond motifs is 1. The lowest BCUT2D eigenvalue weighted by atomic mass is 9.89. The van der Waals surface area contributed by atoms with Crippen LogP contribution in [0.1, 0.15) is 33.8 Å². The zero-order chi connectivity index (χ0) is 22.2. The molecule has 3 aromatic rings. The second kappa shape index (κ2) is 8.97. The molecule has 1 aliphatic heterocycles. The smallest absolute Gasteiger partial charge is 0.254 e. The van der Waals surface area contributed by atoms with E-state index < -0.39 is 0 Å². The van der Waals surface area contributed by atoms with Crippen LogP contribution in [0, 0.1) is 0 Å². The highest BCUT2D eigenvalue weighted by atomic mass is 35.5. The number of hydrogen-bond acceptors (Lipinski definition) is 2. The fraction of sp³-hybridized carbons (Fsp3) is 0.269. The van der Waals surface area contributed by atoms with Crippen molar-refractivity contribution in [1.29, 1.82) is 0 Å². The molecule has 2 aliphatic rings. The predicted molar refractivity (Wildman–Crippen MR) is 132 cm³/mol. The molecular weight excluding hydrogens is 463 g/mol. The van der Waals surface area contributed by atoms with Crippen molar-refractivity contribution >= 4 is 46.4 Å². The van der Waals surface area contributed by atoms with Crippen molar-refractivity contribution in [3.63, 3.8) is 0 Å². The molecule has 1 aliphatic carbocycles. The number of carbonyl (C=O) groups excluding carboxylic acids is 1. The second-order valence-electron chi connectivity index (χ2n) is 8.46. The van der Waals surface area contributed by atoms with Gasteiger partial charge in [0, 0.05) is 41.8 Å². The summed E-state index contributed by atoms with van der Waals surface area (Å²) in [5.74, 6) is 0.329. The number of anilines is 1. The highest BCUT2D eigenvalue weighted by Gasteiger charge is 2.39. The van der Waals surface area contributed by atoms with Crippen LogP contribution in [0.2, 0.25) is 15.1 Å². The molecule has 6 heteroatoms. The summed E-state index contributed by atoms with van der Waals surface area (Å²) >= 11 is 18.6. The van der Waals surface area contributed by atoms with E-state index in [2.05, 4.69) is 29.2 Å². The van der Waals surface area contributed by atoms with Gasteiger partial charge in [0.25, 0.3) is 5.91 Å². The van der Waals surface area contributed by atoms with Crippen LogP contribution in [-0.4, -0.2) is 36.5 Å². The predicted octanol–water partition coefficient (Wildman–Crippen LogP) is 6.71. The summed E-state index contributed by atoms with van der Waals surface area (Å²) in [4.78, 5) is 17.9. The van der Waals surface area contributed by atoms with Gasteiger partial charge in [-0.2, -0.15) is 0 Å². The van der Waals surface area contributed by atoms with Crippen LogP contribution in [0.25, 0.3) is 0 Å². The molecule has 0 unspecified atom stereocenters. The highest BCUT2D eigenvalue weighted by Crippen LogP contribution is 2.40. The van der Waals surface area contributed by atoms with Gasteiger partial charge in [0.05, 0.1) is 16.1 Å². The molecule has 1 saturated heterocycles. The number of piperazine rings is 1. The first-order chi connectivity index (χ1) is 15.5. The van der Waals surface area contributed by atoms with Crippen molar-refractivity contribution in [3.05, 3.63) is 98.5 Å². The van der Waals surface area contributed by atoms with Gasteiger partial charge in [-0.3, -0.25) is 4.79 Å². The largest absolute Gasteiger partial charge is 0.368 e. The summed E-state index contributed by atoms with van der Waals surface area (Å²) in [6.07, 6.45) is 2.09. The molecule has 3 nitrogen and oxygen atoms in total. The van der Waals surface area contributed by atoms with E-state index in [0.29, 0.717) is 33.1 Å². The zero-order valence-electron chi connectivity index (χ0n) is 17.5. The molecule has 0 N–H and O–H groups in total. The Kier molecular flexibility index (Phi) is 6.07. The Hall–Kier alpha value is -2.20. The molecule has 1 heterocycles. The van der Waals surface area contributed by atoms with E-state index in [1.165, 1.54) is 11.1 Å². The number of aryl methyl sites for hydroxylation is 1. The summed E-state index contributed by atoms with van der Waals surface area (Å²) in [6.45, 7) is 2.10. The molecule has 0 bridgehead atoms. The fourth-order valence-electron chi connectivity index (χ4n) is 5.10. The van der Waals surface area contributed by atoms with Gasteiger partial charge < -0.3 is 9.80 Å². The number of hydrogen-bond donors (Lipinski definition) is 0. The molecule has 164 valence electrons. The van der Waals surface area contributed by atoms with Crippen LogP contribution >= 0.6 is 34.8 Å². The lowest BCUT2D eigenvalue weighted by molar-refractivity contribution is 0.0623. The van der Waals surface area contributed by atoms with Crippen LogP contribution in [-0.2, 0) is 6.42 Å². The van der Waals surface area contributed by atoms with Crippen molar-refractivity contribution in [3.8, 4) is 0 Å². The summed E-state index contributed by atoms with van der Waals surface area (Å²) in [5, 5.41) is 1.67. The Morgan fingerprint density at radius 3 is 2.53 bits per heavy atom. The molecular formula is C26H23Cl3N2O. The molecule has 2 atom stereocenters. The van der Waals surface area contributed by atoms with Gasteiger partial charge in [-0.1, -0.05) is 65.1 Å². The van der Waals surface area contributed by atoms with Crippen LogP contribution in [0.5, 0.6) is 0 Å². The average molecular weight is 486 g/mol. The quantitative estimate of drug-likeness (QED) is 0.412. The first kappa shape index (κ1) is 21.6. The Morgan fingerprint density at radius 2 is 1.72 bits per heavy atom. The summed E-state index contributed by atoms with van der Waals surface area (Å²) < 4.78 is 0. The maximum Gasteiger partial charge on any atom is 0.254 e. The molecule has 0 radical (unpaired) electrons. The summed E-state index contributed by atoms with van der Waals surface area (Å²) in [5.41, 5.74) is 4.42. The van der Waals surface area contributed by atoms with E-state index in [1.807, 2.05) is 35.2 Å². The minimum absolute atomic E-state index is 0.0377. The van der Waals surface area contributed by atoms with Gasteiger partial charge in [-0.05, 0) is 60.4 Å². The normalized spacial score (nSPS) is 20.3. The van der Waals surface area contributed by atoms with Gasteiger partial charge in [-0.15, -0.1) is 0 Å². The number of benzene rings is 3. The zero-order valence-corrected chi connectivity index (χ0v) is 19.7. The molecule has 0 spiro atoms. The fourth-order valence-corrected chi connectivity index (χ4v) is 5.58. The van der Waals surface area contributed by atoms with E-state index in [4.69, 9.17) is 34.8 Å². The molecule has 3 aromatic carbocycles. The van der Waals surface area contributed by atoms with E-state index in [-0.39, 0.29) is 11.9 Å². The Morgan fingerprint density at radius 1 is 0.875 bits per heavy atom. The number of amides is 1. The molecule has 0 saturated carbocycles. The molecule has 5 rings (SSSR count). The number of nitrogens with zero attached hydrogens (tertiary/aromatic N) is 2. The number of carbonyl (C=O) groups is 1. The third-order valence-electron chi connectivity index (χ3n) is 6.66. The summed E-state index contributed by atoms with van der Waals surface area (Å²) in [6, 6.07) is 21.7. The average Bonchev–Trinajstić information content (AvgIpc) is 3.24. The molecule has 32 heavy (non-hydrogen) atoms. The van der Waals surface area contributed by atoms with Gasteiger partial charge in [0.2, 0.25) is 0 Å². The lowest BCUT2D eigenvalue weighted by Gasteiger charge is -2.45. The van der Waals surface area contributed by atoms with Crippen molar-refractivity contribution in [2.75, 3.05) is 24.5 Å². The Bertz CT molecular complexity index is 1170. The van der Waals surface area contributed by atoms with Gasteiger partial charge in [0.1, 0.15) is 0 Å². The van der Waals surface area contributed by atoms with E-state index in [9.17, 15) is 4.79 Å². The van der Waals surface area contributed by atoms with Crippen molar-refractivity contribution in [2.24, 2.45) is 0 Å². The van der Waals surface area contributed by atoms with Gasteiger partial charge in [0.15, 0.2) is 0 Å². The maximum atomic E-state index is 13.6. The second-order valence-corrected chi connectivity index (χ2v) is 9.72. The SMILES string of the molecule is O=C(c1cccc(Cl)c1)N1CCN(c2ccc(Cl)c(Cl)c2)C[C@H]1[C@H]1CCc2ccccc21. The minimum Gasteiger partial charge on any atom is -0.368 e. The van der Waals surface area contributed by atoms with Crippen LogP contribution < -0.4 is 4.90 Å². The first-order valence-corrected chi connectivity index (χ1v) is 12.0. The Balaban J connectivity index is 1.49. The van der Waals surface area contributed by atoms with E-state index in [1.54, 1.807) is 12.1 Å². The van der Waals surface area contributed by atoms with Crippen molar-refractivity contribution in [2.45, 2.75) is 24.8 Å². The monoisotopic (exact) mass is 484 g/mol. The van der Waals surface area contributed by atoms with Crippen LogP contribution in [0.4, 0.5) is 5.69 Å². The lowest BCUT2D eigenvalue weighted by Crippen LogP contribution is -2.57. The van der Waals surface area contributed by atoms with Crippen molar-refractivity contribution < 1.29 is 4.79 Å². The molecule has 0 aromatic heterocycles. The molecule has 1 amide bonds. The van der Waals surface area contributed by atoms with E-state index >= 15 is 0 Å². The van der Waals surface area contributed by atoms with Gasteiger partial charge >= 0.3 is 0 Å². The topological polar surface area (TPSA) is 23.6 Å². The first-order valence-electron chi connectivity index (χ1n) is 10.9. The van der Waals surface area contributed by atoms with E-state index in [0.717, 1.165) is 31.6 Å². The third kappa shape index (κ3) is 4.10.